The number of thiocarbonyl (C=S) groups is 1. The zero-order chi connectivity index (χ0) is 51.1. The van der Waals surface area contributed by atoms with Crippen molar-refractivity contribution in [3.05, 3.63) is 113 Å². The normalized spacial score (nSPS) is 15.8. The molecule has 4 aliphatic heterocycles. The van der Waals surface area contributed by atoms with Gasteiger partial charge in [-0.2, -0.15) is 14.9 Å². The number of hydrogen-bond acceptors (Lipinski definition) is 14. The predicted molar refractivity (Wildman–Crippen MR) is 330 cm³/mol. The number of likely N-dealkylation sites (N-methyl/N-ethyl adjacent to an activating group) is 2. The molecule has 6 N–H and O–H groups in total. The monoisotopic (exact) mass is 1170 g/mol. The smallest absolute Gasteiger partial charge is 0.206 e. The van der Waals surface area contributed by atoms with Crippen LogP contribution in [-0.4, -0.2) is 140 Å². The van der Waals surface area contributed by atoms with Crippen LogP contribution in [0.5, 0.6) is 0 Å². The van der Waals surface area contributed by atoms with Crippen LogP contribution >= 0.6 is 61.1 Å². The fourth-order valence-electron chi connectivity index (χ4n) is 8.72. The zero-order valence-corrected chi connectivity index (χ0v) is 47.4. The number of piperazine rings is 2. The van der Waals surface area contributed by atoms with Crippen molar-refractivity contribution in [2.24, 2.45) is 10.7 Å². The van der Waals surface area contributed by atoms with Crippen molar-refractivity contribution in [1.82, 2.24) is 14.8 Å². The number of hydrogen-bond donors (Lipinski definition) is 4. The van der Waals surface area contributed by atoms with Gasteiger partial charge in [-0.3, -0.25) is 9.59 Å². The van der Waals surface area contributed by atoms with Crippen LogP contribution in [0.3, 0.4) is 0 Å². The lowest BCUT2D eigenvalue weighted by molar-refractivity contribution is 0.102. The lowest BCUT2D eigenvalue weighted by Crippen LogP contribution is -2.44. The number of thiazole rings is 1. The Labute approximate surface area is 468 Å². The summed E-state index contributed by atoms with van der Waals surface area (Å²) in [5.74, 6) is 0.439. The number of carbonyl (C=O) groups excluding carboxylic acids is 2. The van der Waals surface area contributed by atoms with E-state index in [9.17, 15) is 18.4 Å². The van der Waals surface area contributed by atoms with E-state index in [0.717, 1.165) is 95.5 Å². The summed E-state index contributed by atoms with van der Waals surface area (Å²) in [7, 11) is 4.15. The summed E-state index contributed by atoms with van der Waals surface area (Å²) in [6, 6.07) is 25.7. The Morgan fingerprint density at radius 1 is 0.707 bits per heavy atom. The van der Waals surface area contributed by atoms with Crippen LogP contribution in [0.1, 0.15) is 73.1 Å². The van der Waals surface area contributed by atoms with Crippen molar-refractivity contribution in [2.75, 3.05) is 140 Å². The first-order valence-electron chi connectivity index (χ1n) is 24.4. The molecule has 0 spiro atoms. The van der Waals surface area contributed by atoms with Crippen molar-refractivity contribution in [3.63, 3.8) is 0 Å². The Kier molecular flexibility index (Phi) is 25.6. The number of nitrogens with one attached hydrogen (secondary N) is 2. The maximum Gasteiger partial charge on any atom is 0.206 e. The summed E-state index contributed by atoms with van der Waals surface area (Å²) >= 11 is 10.9. The standard InChI is InChI=1S/C25H29FN6OS.C15H22FN5S2.C12H14BrNO.2CH4.H3P/c1-30-12-14-32(15-13-30)21-9-6-18(16-20(21)26)28-25-29-24(27)23(34-25)22(33)17-4-7-19(8-5-17)31-10-2-3-11-31;1-3-23-14(17)19-15(22)18-11-4-5-13(12(16)10-11)21-8-6-20(2)7-9-21;13-9-12(15)10-3-5-11(6-4-10)14-7-1-2-8-14;;;/h4-9,16H,2-3,10-15,27H2,1H3,(H,28,29);4-5,10H,3,6-9H2,1-2H3,(H3,17,18,19,22);3-6H,1-2,7-9H2;2*1H4;1H3. The number of nitrogen functional groups attached to an aromatic ring is 1. The van der Waals surface area contributed by atoms with Crippen molar-refractivity contribution in [3.8, 4) is 0 Å². The molecule has 0 saturated carbocycles. The fourth-order valence-corrected chi connectivity index (χ4v) is 10.6. The summed E-state index contributed by atoms with van der Waals surface area (Å²) in [6.45, 7) is 13.3. The minimum absolute atomic E-state index is 0. The van der Waals surface area contributed by atoms with E-state index in [1.165, 1.54) is 66.6 Å². The average molecular weight is 1170 g/mol. The highest BCUT2D eigenvalue weighted by atomic mass is 79.9. The number of nitrogens with two attached hydrogens (primary N) is 2. The highest BCUT2D eigenvalue weighted by Crippen LogP contribution is 2.33. The van der Waals surface area contributed by atoms with Gasteiger partial charge in [0.05, 0.1) is 16.7 Å². The van der Waals surface area contributed by atoms with Crippen LogP contribution in [0.15, 0.2) is 89.9 Å². The lowest BCUT2D eigenvalue weighted by Gasteiger charge is -2.34. The van der Waals surface area contributed by atoms with E-state index >= 15 is 0 Å². The van der Waals surface area contributed by atoms with Crippen molar-refractivity contribution in [1.29, 1.82) is 0 Å². The maximum atomic E-state index is 14.8. The summed E-state index contributed by atoms with van der Waals surface area (Å²) in [4.78, 5) is 46.4. The Hall–Kier alpha value is -4.95. The molecule has 0 aliphatic carbocycles. The molecule has 0 amide bonds. The lowest BCUT2D eigenvalue weighted by atomic mass is 10.1. The molecule has 4 aliphatic rings. The molecule has 14 nitrogen and oxygen atoms in total. The molecular formula is C54H76BrF2N12O2PS3. The molecule has 75 heavy (non-hydrogen) atoms. The van der Waals surface area contributed by atoms with Gasteiger partial charge < -0.3 is 51.5 Å². The first kappa shape index (κ1) is 62.6. The second-order valence-electron chi connectivity index (χ2n) is 18.0. The number of aliphatic imine (C=N–C) groups is 1. The van der Waals surface area contributed by atoms with Crippen molar-refractivity contribution in [2.45, 2.75) is 47.5 Å². The molecule has 5 aromatic rings. The molecule has 0 bridgehead atoms. The minimum Gasteiger partial charge on any atom is -0.382 e. The minimum atomic E-state index is -0.284. The number of aromatic nitrogens is 1. The van der Waals surface area contributed by atoms with E-state index in [-0.39, 0.29) is 58.9 Å². The molecule has 9 rings (SSSR count). The van der Waals surface area contributed by atoms with E-state index in [4.69, 9.17) is 23.7 Å². The van der Waals surface area contributed by atoms with Crippen LogP contribution in [0, 0.1) is 11.6 Å². The highest BCUT2D eigenvalue weighted by molar-refractivity contribution is 9.09. The van der Waals surface area contributed by atoms with E-state index in [1.54, 1.807) is 12.1 Å². The molecule has 4 aromatic carbocycles. The molecule has 1 atom stereocenters. The molecular weight excluding hydrogens is 1090 g/mol. The van der Waals surface area contributed by atoms with Crippen molar-refractivity contribution < 1.29 is 18.4 Å². The third-order valence-corrected chi connectivity index (χ3v) is 15.2. The van der Waals surface area contributed by atoms with Gasteiger partial charge in [0.25, 0.3) is 0 Å². The number of Topliss-reactive ketones (excluding diaryl/α,β-unsaturated/α-hetero) is 1. The number of halogens is 3. The van der Waals surface area contributed by atoms with Gasteiger partial charge in [-0.1, -0.05) is 60.8 Å². The second-order valence-corrected chi connectivity index (χ2v) is 21.2. The van der Waals surface area contributed by atoms with Crippen LogP contribution in [0.25, 0.3) is 0 Å². The maximum absolute atomic E-state index is 14.8. The number of rotatable bonds is 12. The summed E-state index contributed by atoms with van der Waals surface area (Å²) in [6.07, 6.45) is 4.97. The molecule has 408 valence electrons. The van der Waals surface area contributed by atoms with Crippen molar-refractivity contribution >= 4 is 128 Å². The number of amidine groups is 1. The first-order valence-corrected chi connectivity index (χ1v) is 27.7. The number of alkyl halides is 1. The number of carbonyl (C=O) groups is 2. The van der Waals surface area contributed by atoms with E-state index < -0.39 is 0 Å². The molecule has 0 radical (unpaired) electrons. The van der Waals surface area contributed by atoms with Gasteiger partial charge in [-0.15, -0.1) is 0 Å². The molecule has 4 fully saturated rings. The number of thioether (sulfide) groups is 1. The van der Waals surface area contributed by atoms with Crippen LogP contribution < -0.4 is 41.7 Å². The van der Waals surface area contributed by atoms with Gasteiger partial charge in [-0.05, 0) is 143 Å². The van der Waals surface area contributed by atoms with Gasteiger partial charge in [-0.25, -0.2) is 13.8 Å². The van der Waals surface area contributed by atoms with Crippen LogP contribution in [0.2, 0.25) is 0 Å². The molecule has 1 aromatic heterocycles. The Balaban J connectivity index is 0.000000258. The largest absolute Gasteiger partial charge is 0.382 e. The molecule has 21 heteroatoms. The topological polar surface area (TPSA) is 155 Å². The molecule has 1 unspecified atom stereocenters. The number of anilines is 8. The molecule has 5 heterocycles. The summed E-state index contributed by atoms with van der Waals surface area (Å²) in [5, 5.41) is 7.48. The SMILES string of the molecule is C.C.CCSC(N)=NC(=S)Nc1ccc(N2CCN(C)CC2)c(F)c1.CN1CCN(c2ccc(Nc3nc(N)c(C(=O)c4ccc(N5CCCC5)cc4)s3)cc2F)CC1.O=C(CBr)c1ccc(N2CCCC2)cc1.P. The van der Waals surface area contributed by atoms with Crippen LogP contribution in [-0.2, 0) is 0 Å². The first-order chi connectivity index (χ1) is 34.8. The van der Waals surface area contributed by atoms with E-state index in [0.29, 0.717) is 48.8 Å². The Bertz CT molecular complexity index is 2640. The third kappa shape index (κ3) is 17.8. The van der Waals surface area contributed by atoms with Gasteiger partial charge in [0.15, 0.2) is 21.2 Å². The fraction of sp³-hybridized carbons (Fsp3) is 0.426. The van der Waals surface area contributed by atoms with Crippen LogP contribution in [0.4, 0.5) is 53.9 Å². The zero-order valence-electron chi connectivity index (χ0n) is 41.9. The third-order valence-electron chi connectivity index (χ3n) is 12.8. The van der Waals surface area contributed by atoms with E-state index in [1.807, 2.05) is 67.6 Å². The Morgan fingerprint density at radius 2 is 1.16 bits per heavy atom. The highest BCUT2D eigenvalue weighted by Gasteiger charge is 2.22. The second kappa shape index (κ2) is 30.7. The van der Waals surface area contributed by atoms with Gasteiger partial charge in [0.2, 0.25) is 5.78 Å². The predicted octanol–water partition coefficient (Wildman–Crippen LogP) is 10.7. The summed E-state index contributed by atoms with van der Waals surface area (Å²) < 4.78 is 29.2. The quantitative estimate of drug-likeness (QED) is 0.0234. The molecule has 4 saturated heterocycles. The van der Waals surface area contributed by atoms with Gasteiger partial charge in [0.1, 0.15) is 22.3 Å². The van der Waals surface area contributed by atoms with Gasteiger partial charge in [0, 0.05) is 112 Å². The number of benzene rings is 4. The van der Waals surface area contributed by atoms with Gasteiger partial charge >= 0.3 is 0 Å². The number of ketones is 2. The van der Waals surface area contributed by atoms with E-state index in [2.05, 4.69) is 80.0 Å². The summed E-state index contributed by atoms with van der Waals surface area (Å²) in [5.41, 5.74) is 17.9. The Morgan fingerprint density at radius 3 is 1.61 bits per heavy atom. The number of nitrogens with zero attached hydrogens (tertiary/aromatic N) is 8. The average Bonchev–Trinajstić information content (AvgIpc) is 4.19.